The van der Waals surface area contributed by atoms with Crippen molar-refractivity contribution in [1.29, 1.82) is 0 Å². The van der Waals surface area contributed by atoms with Crippen molar-refractivity contribution in [1.82, 2.24) is 9.80 Å². The monoisotopic (exact) mass is 362 g/mol. The van der Waals surface area contributed by atoms with Gasteiger partial charge in [-0.2, -0.15) is 0 Å². The molecule has 1 aliphatic rings. The van der Waals surface area contributed by atoms with Gasteiger partial charge in [0, 0.05) is 32.1 Å². The molecular formula is C16H18ClF3N2O2. The molecule has 0 aliphatic carbocycles. The number of hydrogen-bond acceptors (Lipinski definition) is 2. The summed E-state index contributed by atoms with van der Waals surface area (Å²) in [6, 6.07) is 1.64. The Hall–Kier alpha value is -1.76. The van der Waals surface area contributed by atoms with Crippen LogP contribution in [0.4, 0.5) is 13.2 Å². The Morgan fingerprint density at radius 2 is 1.58 bits per heavy atom. The maximum atomic E-state index is 13.7. The van der Waals surface area contributed by atoms with Gasteiger partial charge in [-0.3, -0.25) is 9.59 Å². The predicted octanol–water partition coefficient (Wildman–Crippen LogP) is 2.65. The van der Waals surface area contributed by atoms with Gasteiger partial charge in [0.15, 0.2) is 17.5 Å². The second-order valence-electron chi connectivity index (χ2n) is 6.32. The largest absolute Gasteiger partial charge is 0.339 e. The maximum absolute atomic E-state index is 13.7. The van der Waals surface area contributed by atoms with Crippen molar-refractivity contribution < 1.29 is 22.8 Å². The molecule has 8 heteroatoms. The van der Waals surface area contributed by atoms with Crippen LogP contribution in [0.15, 0.2) is 12.1 Å². The second-order valence-corrected chi connectivity index (χ2v) is 6.59. The minimum atomic E-state index is -1.67. The van der Waals surface area contributed by atoms with Crippen molar-refractivity contribution in [2.24, 2.45) is 5.41 Å². The molecule has 4 nitrogen and oxygen atoms in total. The van der Waals surface area contributed by atoms with E-state index in [4.69, 9.17) is 11.6 Å². The Kier molecular flexibility index (Phi) is 5.42. The van der Waals surface area contributed by atoms with E-state index in [2.05, 4.69) is 0 Å². The number of rotatable bonds is 3. The average molecular weight is 363 g/mol. The summed E-state index contributed by atoms with van der Waals surface area (Å²) < 4.78 is 40.0. The number of piperazine rings is 1. The van der Waals surface area contributed by atoms with Crippen LogP contribution in [0.2, 0.25) is 0 Å². The van der Waals surface area contributed by atoms with Gasteiger partial charge >= 0.3 is 0 Å². The van der Waals surface area contributed by atoms with Gasteiger partial charge in [-0.15, -0.1) is 11.6 Å². The highest BCUT2D eigenvalue weighted by molar-refractivity contribution is 6.19. The van der Waals surface area contributed by atoms with Gasteiger partial charge in [-0.25, -0.2) is 13.2 Å². The lowest BCUT2D eigenvalue weighted by molar-refractivity contribution is -0.140. The van der Waals surface area contributed by atoms with Gasteiger partial charge in [0.05, 0.1) is 11.0 Å². The Bertz CT molecular complexity index is 659. The summed E-state index contributed by atoms with van der Waals surface area (Å²) >= 11 is 5.79. The molecule has 0 N–H and O–H groups in total. The third kappa shape index (κ3) is 3.50. The summed E-state index contributed by atoms with van der Waals surface area (Å²) in [4.78, 5) is 27.5. The molecule has 1 aromatic carbocycles. The van der Waals surface area contributed by atoms with Gasteiger partial charge in [0.1, 0.15) is 0 Å². The maximum Gasteiger partial charge on any atom is 0.257 e. The number of carbonyl (C=O) groups is 2. The molecule has 0 radical (unpaired) electrons. The standard InChI is InChI=1S/C16H18ClF3N2O2/c1-16(2,9-17)15(24)22-7-5-21(6-8-22)14(23)10-3-4-11(18)13(20)12(10)19/h3-4H,5-9H2,1-2H3. The Balaban J connectivity index is 2.06. The van der Waals surface area contributed by atoms with Crippen molar-refractivity contribution in [3.8, 4) is 0 Å². The molecule has 0 bridgehead atoms. The first-order valence-corrected chi connectivity index (χ1v) is 8.00. The molecule has 2 amide bonds. The fourth-order valence-electron chi connectivity index (χ4n) is 2.46. The lowest BCUT2D eigenvalue weighted by atomic mass is 9.94. The van der Waals surface area contributed by atoms with Gasteiger partial charge in [0.2, 0.25) is 5.91 Å². The molecule has 0 atom stereocenters. The van der Waals surface area contributed by atoms with E-state index in [0.29, 0.717) is 6.07 Å². The van der Waals surface area contributed by atoms with Crippen LogP contribution in [-0.4, -0.2) is 53.7 Å². The summed E-state index contributed by atoms with van der Waals surface area (Å²) in [5.41, 5.74) is -1.23. The number of hydrogen-bond donors (Lipinski definition) is 0. The SMILES string of the molecule is CC(C)(CCl)C(=O)N1CCN(C(=O)c2ccc(F)c(F)c2F)CC1. The first-order chi connectivity index (χ1) is 11.2. The van der Waals surface area contributed by atoms with Crippen LogP contribution >= 0.6 is 11.6 Å². The van der Waals surface area contributed by atoms with Crippen LogP contribution in [-0.2, 0) is 4.79 Å². The number of alkyl halides is 1. The summed E-state index contributed by atoms with van der Waals surface area (Å²) in [6.07, 6.45) is 0. The minimum Gasteiger partial charge on any atom is -0.339 e. The fraction of sp³-hybridized carbons (Fsp3) is 0.500. The number of carbonyl (C=O) groups excluding carboxylic acids is 2. The fourth-order valence-corrected chi connectivity index (χ4v) is 2.57. The van der Waals surface area contributed by atoms with E-state index in [-0.39, 0.29) is 38.0 Å². The quantitative estimate of drug-likeness (QED) is 0.612. The topological polar surface area (TPSA) is 40.6 Å². The number of halogens is 4. The molecule has 1 heterocycles. The van der Waals surface area contributed by atoms with Crippen molar-refractivity contribution in [2.45, 2.75) is 13.8 Å². The smallest absolute Gasteiger partial charge is 0.257 e. The second kappa shape index (κ2) is 7.01. The van der Waals surface area contributed by atoms with Gasteiger partial charge in [-0.1, -0.05) is 0 Å². The zero-order valence-electron chi connectivity index (χ0n) is 13.4. The van der Waals surface area contributed by atoms with Crippen LogP contribution < -0.4 is 0 Å². The number of benzene rings is 1. The normalized spacial score (nSPS) is 15.6. The zero-order chi connectivity index (χ0) is 18.1. The molecule has 24 heavy (non-hydrogen) atoms. The highest BCUT2D eigenvalue weighted by Gasteiger charge is 2.34. The summed E-state index contributed by atoms with van der Waals surface area (Å²) in [5.74, 6) is -5.19. The van der Waals surface area contributed by atoms with Crippen LogP contribution in [0.25, 0.3) is 0 Å². The molecule has 1 saturated heterocycles. The van der Waals surface area contributed by atoms with Crippen molar-refractivity contribution in [3.63, 3.8) is 0 Å². The van der Waals surface area contributed by atoms with E-state index in [1.54, 1.807) is 18.7 Å². The van der Waals surface area contributed by atoms with E-state index in [1.807, 2.05) is 0 Å². The van der Waals surface area contributed by atoms with Gasteiger partial charge in [-0.05, 0) is 26.0 Å². The lowest BCUT2D eigenvalue weighted by Crippen LogP contribution is -2.53. The molecule has 0 saturated carbocycles. The van der Waals surface area contributed by atoms with Crippen LogP contribution in [0, 0.1) is 22.9 Å². The molecule has 0 unspecified atom stereocenters. The van der Waals surface area contributed by atoms with Crippen molar-refractivity contribution in [2.75, 3.05) is 32.1 Å². The minimum absolute atomic E-state index is 0.122. The Morgan fingerprint density at radius 1 is 1.04 bits per heavy atom. The molecule has 132 valence electrons. The first kappa shape index (κ1) is 18.6. The first-order valence-electron chi connectivity index (χ1n) is 7.47. The molecule has 2 rings (SSSR count). The highest BCUT2D eigenvalue weighted by atomic mass is 35.5. The molecule has 1 fully saturated rings. The summed E-state index contributed by atoms with van der Waals surface area (Å²) in [6.45, 7) is 4.38. The Labute approximate surface area is 143 Å². The van der Waals surface area contributed by atoms with Crippen LogP contribution in [0.5, 0.6) is 0 Å². The van der Waals surface area contributed by atoms with E-state index >= 15 is 0 Å². The zero-order valence-corrected chi connectivity index (χ0v) is 14.2. The van der Waals surface area contributed by atoms with E-state index in [0.717, 1.165) is 6.07 Å². The van der Waals surface area contributed by atoms with E-state index < -0.39 is 34.3 Å². The Morgan fingerprint density at radius 3 is 2.12 bits per heavy atom. The van der Waals surface area contributed by atoms with Gasteiger partial charge in [0.25, 0.3) is 5.91 Å². The summed E-state index contributed by atoms with van der Waals surface area (Å²) in [7, 11) is 0. The lowest BCUT2D eigenvalue weighted by Gasteiger charge is -2.38. The third-order valence-electron chi connectivity index (χ3n) is 4.03. The van der Waals surface area contributed by atoms with Gasteiger partial charge < -0.3 is 9.80 Å². The van der Waals surface area contributed by atoms with E-state index in [1.165, 1.54) is 4.90 Å². The molecule has 0 spiro atoms. The molecule has 1 aliphatic heterocycles. The molecule has 1 aromatic rings. The van der Waals surface area contributed by atoms with Crippen molar-refractivity contribution >= 4 is 23.4 Å². The van der Waals surface area contributed by atoms with Crippen LogP contribution in [0.3, 0.4) is 0 Å². The third-order valence-corrected chi connectivity index (χ3v) is 4.70. The molecule has 0 aromatic heterocycles. The van der Waals surface area contributed by atoms with Crippen LogP contribution in [0.1, 0.15) is 24.2 Å². The summed E-state index contributed by atoms with van der Waals surface area (Å²) in [5, 5.41) is 0. The van der Waals surface area contributed by atoms with Crippen molar-refractivity contribution in [3.05, 3.63) is 35.1 Å². The predicted molar refractivity (Wildman–Crippen MR) is 83.3 cm³/mol. The molecular weight excluding hydrogens is 345 g/mol. The number of nitrogens with zero attached hydrogens (tertiary/aromatic N) is 2. The highest BCUT2D eigenvalue weighted by Crippen LogP contribution is 2.22. The average Bonchev–Trinajstić information content (AvgIpc) is 2.58. The number of amides is 2. The van der Waals surface area contributed by atoms with E-state index in [9.17, 15) is 22.8 Å².